The Kier molecular flexibility index (Phi) is 3.58. The lowest BCUT2D eigenvalue weighted by Gasteiger charge is -2.30. The van der Waals surface area contributed by atoms with Gasteiger partial charge >= 0.3 is 5.97 Å². The SMILES string of the molecule is CCCc1nc(N2CCNC(C(=O)O)C2)no1. The number of anilines is 1. The minimum Gasteiger partial charge on any atom is -0.480 e. The van der Waals surface area contributed by atoms with Gasteiger partial charge in [0.2, 0.25) is 5.89 Å². The molecular weight excluding hydrogens is 224 g/mol. The van der Waals surface area contributed by atoms with Crippen LogP contribution in [0.2, 0.25) is 0 Å². The standard InChI is InChI=1S/C10H16N4O3/c1-2-3-8-12-10(13-17-8)14-5-4-11-7(6-14)9(15)16/h7,11H,2-6H2,1H3,(H,15,16). The molecule has 1 fully saturated rings. The summed E-state index contributed by atoms with van der Waals surface area (Å²) in [7, 11) is 0. The Hall–Kier alpha value is -1.63. The zero-order chi connectivity index (χ0) is 12.3. The molecule has 1 saturated heterocycles. The number of hydrogen-bond acceptors (Lipinski definition) is 6. The summed E-state index contributed by atoms with van der Waals surface area (Å²) in [6.07, 6.45) is 1.70. The van der Waals surface area contributed by atoms with Crippen molar-refractivity contribution in [3.05, 3.63) is 5.89 Å². The second-order valence-corrected chi connectivity index (χ2v) is 4.03. The number of aryl methyl sites for hydroxylation is 1. The van der Waals surface area contributed by atoms with E-state index in [-0.39, 0.29) is 0 Å². The van der Waals surface area contributed by atoms with Gasteiger partial charge in [-0.05, 0) is 11.6 Å². The topological polar surface area (TPSA) is 91.5 Å². The number of rotatable bonds is 4. The van der Waals surface area contributed by atoms with Crippen molar-refractivity contribution in [2.45, 2.75) is 25.8 Å². The lowest BCUT2D eigenvalue weighted by Crippen LogP contribution is -2.54. The molecule has 2 N–H and O–H groups in total. The molecule has 0 amide bonds. The van der Waals surface area contributed by atoms with Crippen LogP contribution in [0.4, 0.5) is 5.95 Å². The number of hydrogen-bond donors (Lipinski definition) is 2. The number of nitrogens with one attached hydrogen (secondary N) is 1. The fourth-order valence-electron chi connectivity index (χ4n) is 1.79. The molecule has 1 aromatic rings. The quantitative estimate of drug-likeness (QED) is 0.758. The Morgan fingerprint density at radius 2 is 2.53 bits per heavy atom. The molecule has 0 bridgehead atoms. The second-order valence-electron chi connectivity index (χ2n) is 4.03. The Labute approximate surface area is 98.8 Å². The highest BCUT2D eigenvalue weighted by Gasteiger charge is 2.27. The van der Waals surface area contributed by atoms with E-state index in [1.54, 1.807) is 0 Å². The molecular formula is C10H16N4O3. The molecule has 2 rings (SSSR count). The monoisotopic (exact) mass is 240 g/mol. The normalized spacial score (nSPS) is 20.5. The molecule has 17 heavy (non-hydrogen) atoms. The van der Waals surface area contributed by atoms with E-state index in [0.29, 0.717) is 31.5 Å². The van der Waals surface area contributed by atoms with Crippen LogP contribution in [0.5, 0.6) is 0 Å². The van der Waals surface area contributed by atoms with E-state index in [1.165, 1.54) is 0 Å². The smallest absolute Gasteiger partial charge is 0.322 e. The van der Waals surface area contributed by atoms with E-state index in [1.807, 2.05) is 11.8 Å². The maximum Gasteiger partial charge on any atom is 0.322 e. The van der Waals surface area contributed by atoms with Gasteiger partial charge in [0.25, 0.3) is 5.95 Å². The van der Waals surface area contributed by atoms with Crippen LogP contribution in [0, 0.1) is 0 Å². The van der Waals surface area contributed by atoms with Gasteiger partial charge in [-0.1, -0.05) is 6.92 Å². The van der Waals surface area contributed by atoms with Crippen LogP contribution in [0.15, 0.2) is 4.52 Å². The van der Waals surface area contributed by atoms with Crippen molar-refractivity contribution < 1.29 is 14.4 Å². The molecule has 7 nitrogen and oxygen atoms in total. The zero-order valence-electron chi connectivity index (χ0n) is 9.72. The van der Waals surface area contributed by atoms with Crippen molar-refractivity contribution in [3.63, 3.8) is 0 Å². The van der Waals surface area contributed by atoms with Crippen LogP contribution >= 0.6 is 0 Å². The summed E-state index contributed by atoms with van der Waals surface area (Å²) in [5, 5.41) is 15.7. The number of carboxylic acids is 1. The molecule has 0 aromatic carbocycles. The van der Waals surface area contributed by atoms with Crippen LogP contribution in [0.25, 0.3) is 0 Å². The summed E-state index contributed by atoms with van der Waals surface area (Å²) in [6, 6.07) is -0.572. The highest BCUT2D eigenvalue weighted by Crippen LogP contribution is 2.12. The van der Waals surface area contributed by atoms with Gasteiger partial charge in [0.05, 0.1) is 0 Å². The molecule has 0 aliphatic carbocycles. The lowest BCUT2D eigenvalue weighted by atomic mass is 10.2. The third-order valence-electron chi connectivity index (χ3n) is 2.68. The molecule has 7 heteroatoms. The van der Waals surface area contributed by atoms with Crippen molar-refractivity contribution >= 4 is 11.9 Å². The first-order valence-electron chi connectivity index (χ1n) is 5.74. The number of carboxylic acid groups (broad SMARTS) is 1. The number of nitrogens with zero attached hydrogens (tertiary/aromatic N) is 3. The molecule has 1 aliphatic rings. The van der Waals surface area contributed by atoms with E-state index >= 15 is 0 Å². The first-order chi connectivity index (χ1) is 8.20. The van der Waals surface area contributed by atoms with Crippen molar-refractivity contribution in [2.75, 3.05) is 24.5 Å². The van der Waals surface area contributed by atoms with Gasteiger partial charge in [-0.3, -0.25) is 4.79 Å². The molecule has 2 heterocycles. The van der Waals surface area contributed by atoms with Crippen LogP contribution in [0.3, 0.4) is 0 Å². The third-order valence-corrected chi connectivity index (χ3v) is 2.68. The highest BCUT2D eigenvalue weighted by atomic mass is 16.5. The van der Waals surface area contributed by atoms with Crippen molar-refractivity contribution in [3.8, 4) is 0 Å². The summed E-state index contributed by atoms with van der Waals surface area (Å²) in [4.78, 5) is 17.0. The van der Waals surface area contributed by atoms with Gasteiger partial charge in [-0.25, -0.2) is 0 Å². The Morgan fingerprint density at radius 1 is 1.71 bits per heavy atom. The van der Waals surface area contributed by atoms with Crippen LogP contribution in [0.1, 0.15) is 19.2 Å². The lowest BCUT2D eigenvalue weighted by molar-refractivity contribution is -0.139. The van der Waals surface area contributed by atoms with Crippen LogP contribution in [-0.4, -0.2) is 46.9 Å². The Morgan fingerprint density at radius 3 is 3.24 bits per heavy atom. The van der Waals surface area contributed by atoms with Crippen LogP contribution in [-0.2, 0) is 11.2 Å². The molecule has 0 radical (unpaired) electrons. The Balaban J connectivity index is 2.02. The average Bonchev–Trinajstić information content (AvgIpc) is 2.78. The van der Waals surface area contributed by atoms with Gasteiger partial charge in [0.15, 0.2) is 0 Å². The summed E-state index contributed by atoms with van der Waals surface area (Å²) < 4.78 is 5.08. The summed E-state index contributed by atoms with van der Waals surface area (Å²) in [5.41, 5.74) is 0. The Bertz CT molecular complexity index is 393. The first kappa shape index (κ1) is 11.8. The summed E-state index contributed by atoms with van der Waals surface area (Å²) in [5.74, 6) is 0.237. The van der Waals surface area contributed by atoms with Crippen molar-refractivity contribution in [1.29, 1.82) is 0 Å². The fraction of sp³-hybridized carbons (Fsp3) is 0.700. The number of piperazine rings is 1. The van der Waals surface area contributed by atoms with E-state index in [9.17, 15) is 4.79 Å². The molecule has 0 spiro atoms. The van der Waals surface area contributed by atoms with E-state index < -0.39 is 12.0 Å². The number of carbonyl (C=O) groups is 1. The molecule has 1 unspecified atom stereocenters. The van der Waals surface area contributed by atoms with E-state index in [2.05, 4.69) is 15.5 Å². The van der Waals surface area contributed by atoms with Gasteiger partial charge in [-0.2, -0.15) is 4.98 Å². The predicted octanol–water partition coefficient (Wildman–Crippen LogP) is -0.115. The van der Waals surface area contributed by atoms with E-state index in [4.69, 9.17) is 9.63 Å². The average molecular weight is 240 g/mol. The largest absolute Gasteiger partial charge is 0.480 e. The minimum atomic E-state index is -0.855. The van der Waals surface area contributed by atoms with Gasteiger partial charge in [0, 0.05) is 26.1 Å². The number of aromatic nitrogens is 2. The molecule has 1 atom stereocenters. The second kappa shape index (κ2) is 5.13. The maximum atomic E-state index is 10.9. The van der Waals surface area contributed by atoms with Crippen molar-refractivity contribution in [2.24, 2.45) is 0 Å². The zero-order valence-corrected chi connectivity index (χ0v) is 9.72. The molecule has 94 valence electrons. The van der Waals surface area contributed by atoms with Crippen molar-refractivity contribution in [1.82, 2.24) is 15.5 Å². The summed E-state index contributed by atoms with van der Waals surface area (Å²) >= 11 is 0. The summed E-state index contributed by atoms with van der Waals surface area (Å²) in [6.45, 7) is 3.69. The molecule has 0 saturated carbocycles. The number of aliphatic carboxylic acids is 1. The fourth-order valence-corrected chi connectivity index (χ4v) is 1.79. The highest BCUT2D eigenvalue weighted by molar-refractivity contribution is 5.74. The minimum absolute atomic E-state index is 0.362. The first-order valence-corrected chi connectivity index (χ1v) is 5.74. The van der Waals surface area contributed by atoms with Gasteiger partial charge in [0.1, 0.15) is 6.04 Å². The van der Waals surface area contributed by atoms with Crippen LogP contribution < -0.4 is 10.2 Å². The maximum absolute atomic E-state index is 10.9. The molecule has 1 aromatic heterocycles. The van der Waals surface area contributed by atoms with E-state index in [0.717, 1.165) is 12.8 Å². The molecule has 1 aliphatic heterocycles. The van der Waals surface area contributed by atoms with Gasteiger partial charge in [-0.15, -0.1) is 0 Å². The third kappa shape index (κ3) is 2.73. The van der Waals surface area contributed by atoms with Gasteiger partial charge < -0.3 is 19.8 Å². The predicted molar refractivity (Wildman–Crippen MR) is 59.9 cm³/mol.